The van der Waals surface area contributed by atoms with Crippen LogP contribution in [0.2, 0.25) is 0 Å². The molecule has 0 bridgehead atoms. The number of nitrogens with two attached hydrogens (primary N) is 1. The van der Waals surface area contributed by atoms with Crippen LogP contribution in [0.15, 0.2) is 45.2 Å². The van der Waals surface area contributed by atoms with E-state index in [1.807, 2.05) is 12.1 Å². The molecular weight excluding hydrogens is 302 g/mol. The summed E-state index contributed by atoms with van der Waals surface area (Å²) in [5.74, 6) is -0.104. The van der Waals surface area contributed by atoms with E-state index in [2.05, 4.69) is 30.9 Å². The molecule has 0 aliphatic heterocycles. The van der Waals surface area contributed by atoms with Crippen LogP contribution in [0.1, 0.15) is 5.69 Å². The van der Waals surface area contributed by atoms with Gasteiger partial charge in [-0.05, 0) is 39.8 Å². The molecule has 0 aliphatic carbocycles. The summed E-state index contributed by atoms with van der Waals surface area (Å²) in [4.78, 5) is 12.4. The second-order valence-corrected chi connectivity index (χ2v) is 4.85. The third kappa shape index (κ3) is 2.80. The molecule has 2 heterocycles. The number of amidine groups is 1. The predicted octanol–water partition coefficient (Wildman–Crippen LogP) is 2.07. The summed E-state index contributed by atoms with van der Waals surface area (Å²) >= 11 is 4.72. The van der Waals surface area contributed by atoms with Crippen molar-refractivity contribution in [3.63, 3.8) is 0 Å². The van der Waals surface area contributed by atoms with Gasteiger partial charge in [0.2, 0.25) is 0 Å². The van der Waals surface area contributed by atoms with Crippen LogP contribution in [-0.4, -0.2) is 20.8 Å². The van der Waals surface area contributed by atoms with E-state index in [-0.39, 0.29) is 5.84 Å². The number of hydrogen-bond donors (Lipinski definition) is 2. The van der Waals surface area contributed by atoms with E-state index in [1.54, 1.807) is 12.4 Å². The lowest BCUT2D eigenvalue weighted by Crippen LogP contribution is -2.15. The van der Waals surface area contributed by atoms with Gasteiger partial charge in [-0.25, -0.2) is 15.0 Å². The van der Waals surface area contributed by atoms with Crippen molar-refractivity contribution in [3.05, 3.63) is 40.9 Å². The van der Waals surface area contributed by atoms with Gasteiger partial charge in [-0.1, -0.05) is 0 Å². The summed E-state index contributed by atoms with van der Waals surface area (Å²) in [6, 6.07) is 3.72. The van der Waals surface area contributed by atoms with Gasteiger partial charge < -0.3 is 5.73 Å². The Labute approximate surface area is 111 Å². The third-order valence-corrected chi connectivity index (χ3v) is 3.75. The van der Waals surface area contributed by atoms with Gasteiger partial charge in [-0.2, -0.15) is 0 Å². The Morgan fingerprint density at radius 3 is 2.59 bits per heavy atom. The van der Waals surface area contributed by atoms with Crippen molar-refractivity contribution in [1.29, 1.82) is 5.41 Å². The molecule has 17 heavy (non-hydrogen) atoms. The molecule has 0 amide bonds. The van der Waals surface area contributed by atoms with Crippen molar-refractivity contribution in [1.82, 2.24) is 15.0 Å². The van der Waals surface area contributed by atoms with E-state index < -0.39 is 0 Å². The Morgan fingerprint density at radius 2 is 1.88 bits per heavy atom. The first kappa shape index (κ1) is 12.0. The lowest BCUT2D eigenvalue weighted by molar-refractivity contribution is 1.01. The standard InChI is InChI=1S/C10H8BrN5S/c11-6-2-1-3-15-9(6)17-10-7(8(12)13)14-4-5-16-10/h1-5H,(H3,12,13). The van der Waals surface area contributed by atoms with Crippen LogP contribution < -0.4 is 5.73 Å². The third-order valence-electron chi connectivity index (χ3n) is 1.84. The SMILES string of the molecule is N=C(N)c1nccnc1Sc1ncccc1Br. The first-order chi connectivity index (χ1) is 8.18. The highest BCUT2D eigenvalue weighted by atomic mass is 79.9. The van der Waals surface area contributed by atoms with E-state index in [9.17, 15) is 0 Å². The highest BCUT2D eigenvalue weighted by Crippen LogP contribution is 2.31. The van der Waals surface area contributed by atoms with Gasteiger partial charge in [-0.15, -0.1) is 0 Å². The van der Waals surface area contributed by atoms with Gasteiger partial charge in [0.25, 0.3) is 0 Å². The van der Waals surface area contributed by atoms with Crippen molar-refractivity contribution >= 4 is 33.5 Å². The fourth-order valence-electron chi connectivity index (χ4n) is 1.12. The minimum atomic E-state index is -0.104. The number of nitrogens with zero attached hydrogens (tertiary/aromatic N) is 3. The molecule has 0 saturated heterocycles. The molecule has 2 aromatic rings. The highest BCUT2D eigenvalue weighted by Gasteiger charge is 2.11. The average Bonchev–Trinajstić information content (AvgIpc) is 2.32. The van der Waals surface area contributed by atoms with Crippen LogP contribution in [0, 0.1) is 5.41 Å². The van der Waals surface area contributed by atoms with Gasteiger partial charge >= 0.3 is 0 Å². The zero-order valence-corrected chi connectivity index (χ0v) is 11.0. The lowest BCUT2D eigenvalue weighted by atomic mass is 10.4. The molecule has 0 unspecified atom stereocenters. The fraction of sp³-hybridized carbons (Fsp3) is 0. The predicted molar refractivity (Wildman–Crippen MR) is 69.1 cm³/mol. The molecule has 2 aromatic heterocycles. The van der Waals surface area contributed by atoms with Crippen LogP contribution >= 0.6 is 27.7 Å². The number of halogens is 1. The Balaban J connectivity index is 2.37. The molecule has 0 aromatic carbocycles. The second-order valence-electron chi connectivity index (χ2n) is 3.02. The summed E-state index contributed by atoms with van der Waals surface area (Å²) in [7, 11) is 0. The van der Waals surface area contributed by atoms with E-state index in [4.69, 9.17) is 11.1 Å². The van der Waals surface area contributed by atoms with Crippen molar-refractivity contribution < 1.29 is 0 Å². The summed E-state index contributed by atoms with van der Waals surface area (Å²) in [6.45, 7) is 0. The van der Waals surface area contributed by atoms with Gasteiger partial charge in [0, 0.05) is 18.6 Å². The molecule has 5 nitrogen and oxygen atoms in total. The van der Waals surface area contributed by atoms with Crippen molar-refractivity contribution in [2.45, 2.75) is 10.1 Å². The minimum absolute atomic E-state index is 0.104. The molecule has 2 rings (SSSR count). The molecule has 0 atom stereocenters. The molecular formula is C10H8BrN5S. The van der Waals surface area contributed by atoms with E-state index >= 15 is 0 Å². The van der Waals surface area contributed by atoms with Gasteiger partial charge in [0.05, 0.1) is 4.47 Å². The Hall–Kier alpha value is -1.47. The maximum Gasteiger partial charge on any atom is 0.144 e. The maximum atomic E-state index is 7.43. The maximum absolute atomic E-state index is 7.43. The molecule has 0 spiro atoms. The molecule has 7 heteroatoms. The first-order valence-corrected chi connectivity index (χ1v) is 6.23. The molecule has 0 radical (unpaired) electrons. The van der Waals surface area contributed by atoms with Crippen LogP contribution in [-0.2, 0) is 0 Å². The molecule has 0 saturated carbocycles. The van der Waals surface area contributed by atoms with E-state index in [0.29, 0.717) is 10.7 Å². The van der Waals surface area contributed by atoms with Gasteiger partial charge in [-0.3, -0.25) is 5.41 Å². The van der Waals surface area contributed by atoms with Crippen LogP contribution in [0.5, 0.6) is 0 Å². The van der Waals surface area contributed by atoms with E-state index in [1.165, 1.54) is 18.0 Å². The topological polar surface area (TPSA) is 88.5 Å². The fourth-order valence-corrected chi connectivity index (χ4v) is 2.46. The summed E-state index contributed by atoms with van der Waals surface area (Å²) in [5.41, 5.74) is 5.81. The quantitative estimate of drug-likeness (QED) is 0.669. The Kier molecular flexibility index (Phi) is 3.70. The average molecular weight is 310 g/mol. The van der Waals surface area contributed by atoms with Gasteiger partial charge in [0.1, 0.15) is 21.6 Å². The number of hydrogen-bond acceptors (Lipinski definition) is 5. The summed E-state index contributed by atoms with van der Waals surface area (Å²) < 4.78 is 0.866. The summed E-state index contributed by atoms with van der Waals surface area (Å²) in [6.07, 6.45) is 4.76. The molecule has 86 valence electrons. The van der Waals surface area contributed by atoms with Crippen LogP contribution in [0.4, 0.5) is 0 Å². The van der Waals surface area contributed by atoms with Gasteiger partial charge in [0.15, 0.2) is 0 Å². The van der Waals surface area contributed by atoms with Crippen molar-refractivity contribution in [2.24, 2.45) is 5.73 Å². The molecule has 3 N–H and O–H groups in total. The number of rotatable bonds is 3. The number of nitrogens with one attached hydrogen (secondary N) is 1. The first-order valence-electron chi connectivity index (χ1n) is 4.62. The monoisotopic (exact) mass is 309 g/mol. The zero-order valence-electron chi connectivity index (χ0n) is 8.59. The largest absolute Gasteiger partial charge is 0.382 e. The Morgan fingerprint density at radius 1 is 1.18 bits per heavy atom. The normalized spacial score (nSPS) is 10.2. The number of pyridine rings is 1. The Bertz CT molecular complexity index is 560. The zero-order chi connectivity index (χ0) is 12.3. The van der Waals surface area contributed by atoms with Crippen LogP contribution in [0.3, 0.4) is 0 Å². The van der Waals surface area contributed by atoms with Crippen LogP contribution in [0.25, 0.3) is 0 Å². The second kappa shape index (κ2) is 5.24. The summed E-state index contributed by atoms with van der Waals surface area (Å²) in [5, 5.41) is 8.75. The number of aromatic nitrogens is 3. The minimum Gasteiger partial charge on any atom is -0.382 e. The lowest BCUT2D eigenvalue weighted by Gasteiger charge is -2.05. The highest BCUT2D eigenvalue weighted by molar-refractivity contribution is 9.10. The van der Waals surface area contributed by atoms with Crippen molar-refractivity contribution in [2.75, 3.05) is 0 Å². The van der Waals surface area contributed by atoms with Crippen molar-refractivity contribution in [3.8, 4) is 0 Å². The number of nitrogen functional groups attached to an aromatic ring is 1. The smallest absolute Gasteiger partial charge is 0.144 e. The molecule has 0 aliphatic rings. The van der Waals surface area contributed by atoms with E-state index in [0.717, 1.165) is 9.50 Å². The molecule has 0 fully saturated rings.